The predicted molar refractivity (Wildman–Crippen MR) is 78.0 cm³/mol. The third-order valence-corrected chi connectivity index (χ3v) is 3.27. The van der Waals surface area contributed by atoms with E-state index in [2.05, 4.69) is 11.8 Å². The highest BCUT2D eigenvalue weighted by atomic mass is 16.5. The number of ether oxygens (including phenoxy) is 3. The van der Waals surface area contributed by atoms with Crippen molar-refractivity contribution in [3.8, 4) is 0 Å². The molecule has 0 bridgehead atoms. The van der Waals surface area contributed by atoms with E-state index in [9.17, 15) is 4.79 Å². The summed E-state index contributed by atoms with van der Waals surface area (Å²) in [5, 5.41) is 0. The molecule has 0 aromatic carbocycles. The van der Waals surface area contributed by atoms with Gasteiger partial charge in [-0.15, -0.1) is 0 Å². The summed E-state index contributed by atoms with van der Waals surface area (Å²) in [6.45, 7) is 8.60. The molecule has 5 nitrogen and oxygen atoms in total. The van der Waals surface area contributed by atoms with Crippen LogP contribution in [0.2, 0.25) is 0 Å². The zero-order valence-electron chi connectivity index (χ0n) is 12.8. The molecule has 0 spiro atoms. The molecule has 0 unspecified atom stereocenters. The first kappa shape index (κ1) is 17.6. The second-order valence-corrected chi connectivity index (χ2v) is 5.11. The van der Waals surface area contributed by atoms with Crippen molar-refractivity contribution in [2.24, 2.45) is 0 Å². The number of ketones is 1. The van der Waals surface area contributed by atoms with E-state index in [1.165, 1.54) is 0 Å². The van der Waals surface area contributed by atoms with Crippen LogP contribution in [0.4, 0.5) is 0 Å². The minimum absolute atomic E-state index is 0.350. The number of likely N-dealkylation sites (tertiary alicyclic amines) is 1. The lowest BCUT2D eigenvalue weighted by Gasteiger charge is -2.25. The normalized spacial score (nSPS) is 16.8. The molecule has 20 heavy (non-hydrogen) atoms. The van der Waals surface area contributed by atoms with Crippen LogP contribution in [0.25, 0.3) is 0 Å². The van der Waals surface area contributed by atoms with E-state index in [-0.39, 0.29) is 0 Å². The molecule has 0 radical (unpaired) electrons. The van der Waals surface area contributed by atoms with E-state index in [0.717, 1.165) is 45.4 Å². The summed E-state index contributed by atoms with van der Waals surface area (Å²) < 4.78 is 16.3. The van der Waals surface area contributed by atoms with E-state index >= 15 is 0 Å². The second kappa shape index (κ2) is 12.3. The number of piperidine rings is 1. The first-order chi connectivity index (χ1) is 9.83. The summed E-state index contributed by atoms with van der Waals surface area (Å²) >= 11 is 0. The van der Waals surface area contributed by atoms with Gasteiger partial charge in [0.15, 0.2) is 0 Å². The van der Waals surface area contributed by atoms with Crippen molar-refractivity contribution in [2.45, 2.75) is 32.6 Å². The SMILES string of the molecule is CCCCOCCOCCOCCN1CCCC(=O)C1. The standard InChI is InChI=1S/C15H29NO4/c1-2-3-8-18-10-12-20-13-11-19-9-7-16-6-4-5-15(17)14-16/h2-14H2,1H3. The Morgan fingerprint density at radius 1 is 1.00 bits per heavy atom. The Labute approximate surface area is 122 Å². The molecule has 1 saturated heterocycles. The van der Waals surface area contributed by atoms with Crippen LogP contribution in [0.3, 0.4) is 0 Å². The van der Waals surface area contributed by atoms with E-state index in [4.69, 9.17) is 14.2 Å². The first-order valence-corrected chi connectivity index (χ1v) is 7.80. The fraction of sp³-hybridized carbons (Fsp3) is 0.933. The van der Waals surface area contributed by atoms with Crippen LogP contribution >= 0.6 is 0 Å². The van der Waals surface area contributed by atoms with Crippen molar-refractivity contribution in [1.82, 2.24) is 4.90 Å². The fourth-order valence-electron chi connectivity index (χ4n) is 2.08. The second-order valence-electron chi connectivity index (χ2n) is 5.11. The molecule has 0 aliphatic carbocycles. The maximum atomic E-state index is 11.3. The van der Waals surface area contributed by atoms with E-state index < -0.39 is 0 Å². The van der Waals surface area contributed by atoms with Crippen molar-refractivity contribution in [2.75, 3.05) is 59.3 Å². The monoisotopic (exact) mass is 287 g/mol. The minimum atomic E-state index is 0.350. The Hall–Kier alpha value is -0.490. The molecule has 118 valence electrons. The Morgan fingerprint density at radius 2 is 1.65 bits per heavy atom. The van der Waals surface area contributed by atoms with Crippen LogP contribution < -0.4 is 0 Å². The Balaban J connectivity index is 1.77. The lowest BCUT2D eigenvalue weighted by atomic mass is 10.1. The Bertz CT molecular complexity index is 248. The molecular formula is C15H29NO4. The summed E-state index contributed by atoms with van der Waals surface area (Å²) in [5.41, 5.74) is 0. The third-order valence-electron chi connectivity index (χ3n) is 3.27. The average molecular weight is 287 g/mol. The van der Waals surface area contributed by atoms with E-state index in [1.807, 2.05) is 0 Å². The summed E-state index contributed by atoms with van der Waals surface area (Å²) in [7, 11) is 0. The maximum absolute atomic E-state index is 11.3. The predicted octanol–water partition coefficient (Wildman–Crippen LogP) is 1.50. The molecular weight excluding hydrogens is 258 g/mol. The molecule has 0 N–H and O–H groups in total. The van der Waals surface area contributed by atoms with Gasteiger partial charge in [0.25, 0.3) is 0 Å². The number of hydrogen-bond donors (Lipinski definition) is 0. The van der Waals surface area contributed by atoms with Gasteiger partial charge in [0.05, 0.1) is 39.6 Å². The van der Waals surface area contributed by atoms with Gasteiger partial charge in [-0.2, -0.15) is 0 Å². The number of rotatable bonds is 12. The van der Waals surface area contributed by atoms with Gasteiger partial charge in [-0.25, -0.2) is 0 Å². The molecule has 1 rings (SSSR count). The molecule has 0 aromatic heterocycles. The number of unbranched alkanes of at least 4 members (excludes halogenated alkanes) is 1. The van der Waals surface area contributed by atoms with Gasteiger partial charge in [0.1, 0.15) is 5.78 Å². The Morgan fingerprint density at radius 3 is 2.30 bits per heavy atom. The summed E-state index contributed by atoms with van der Waals surface area (Å²) in [5.74, 6) is 0.350. The fourth-order valence-corrected chi connectivity index (χ4v) is 2.08. The summed E-state index contributed by atoms with van der Waals surface area (Å²) in [6.07, 6.45) is 4.00. The van der Waals surface area contributed by atoms with Crippen molar-refractivity contribution in [1.29, 1.82) is 0 Å². The molecule has 0 amide bonds. The van der Waals surface area contributed by atoms with E-state index in [1.54, 1.807) is 0 Å². The van der Waals surface area contributed by atoms with Gasteiger partial charge < -0.3 is 14.2 Å². The van der Waals surface area contributed by atoms with Crippen molar-refractivity contribution in [3.05, 3.63) is 0 Å². The Kier molecular flexibility index (Phi) is 10.8. The number of nitrogens with zero attached hydrogens (tertiary/aromatic N) is 1. The molecule has 1 aliphatic rings. The highest BCUT2D eigenvalue weighted by Gasteiger charge is 2.15. The lowest BCUT2D eigenvalue weighted by Crippen LogP contribution is -2.37. The third kappa shape index (κ3) is 9.42. The largest absolute Gasteiger partial charge is 0.379 e. The zero-order chi connectivity index (χ0) is 14.5. The van der Waals surface area contributed by atoms with Crippen LogP contribution in [0.15, 0.2) is 0 Å². The van der Waals surface area contributed by atoms with Crippen LogP contribution in [-0.4, -0.2) is 70.0 Å². The van der Waals surface area contributed by atoms with Gasteiger partial charge >= 0.3 is 0 Å². The molecule has 0 aromatic rings. The molecule has 1 fully saturated rings. The van der Waals surface area contributed by atoms with Crippen molar-refractivity contribution in [3.63, 3.8) is 0 Å². The molecule has 1 heterocycles. The summed E-state index contributed by atoms with van der Waals surface area (Å²) in [6, 6.07) is 0. The van der Waals surface area contributed by atoms with Crippen molar-refractivity contribution < 1.29 is 19.0 Å². The van der Waals surface area contributed by atoms with Gasteiger partial charge in [-0.3, -0.25) is 9.69 Å². The van der Waals surface area contributed by atoms with Gasteiger partial charge in [0.2, 0.25) is 0 Å². The van der Waals surface area contributed by atoms with Gasteiger partial charge in [0, 0.05) is 19.6 Å². The molecule has 0 atom stereocenters. The van der Waals surface area contributed by atoms with E-state index in [0.29, 0.717) is 45.4 Å². The van der Waals surface area contributed by atoms with Gasteiger partial charge in [-0.05, 0) is 19.4 Å². The van der Waals surface area contributed by atoms with Crippen LogP contribution in [0.5, 0.6) is 0 Å². The van der Waals surface area contributed by atoms with Crippen LogP contribution in [0.1, 0.15) is 32.6 Å². The lowest BCUT2D eigenvalue weighted by molar-refractivity contribution is -0.122. The smallest absolute Gasteiger partial charge is 0.146 e. The van der Waals surface area contributed by atoms with Crippen LogP contribution in [-0.2, 0) is 19.0 Å². The van der Waals surface area contributed by atoms with Crippen LogP contribution in [0, 0.1) is 0 Å². The molecule has 0 saturated carbocycles. The zero-order valence-corrected chi connectivity index (χ0v) is 12.8. The summed E-state index contributed by atoms with van der Waals surface area (Å²) in [4.78, 5) is 13.4. The first-order valence-electron chi connectivity index (χ1n) is 7.80. The number of Topliss-reactive ketones (excluding diaryl/α,β-unsaturated/α-hetero) is 1. The highest BCUT2D eigenvalue weighted by molar-refractivity contribution is 5.81. The quantitative estimate of drug-likeness (QED) is 0.509. The maximum Gasteiger partial charge on any atom is 0.146 e. The topological polar surface area (TPSA) is 48.0 Å². The average Bonchev–Trinajstić information content (AvgIpc) is 2.45. The van der Waals surface area contributed by atoms with Gasteiger partial charge in [-0.1, -0.05) is 13.3 Å². The highest BCUT2D eigenvalue weighted by Crippen LogP contribution is 2.04. The molecule has 1 aliphatic heterocycles. The molecule has 5 heteroatoms. The number of carbonyl (C=O) groups excluding carboxylic acids is 1. The minimum Gasteiger partial charge on any atom is -0.379 e. The number of hydrogen-bond acceptors (Lipinski definition) is 5. The van der Waals surface area contributed by atoms with Crippen molar-refractivity contribution >= 4 is 5.78 Å². The number of carbonyl (C=O) groups is 1.